The van der Waals surface area contributed by atoms with Gasteiger partial charge >= 0.3 is 0 Å². The van der Waals surface area contributed by atoms with Gasteiger partial charge in [-0.25, -0.2) is 12.7 Å². The number of piperidine rings is 1. The lowest BCUT2D eigenvalue weighted by atomic mass is 9.99. The van der Waals surface area contributed by atoms with Crippen LogP contribution in [0.25, 0.3) is 0 Å². The Kier molecular flexibility index (Phi) is 7.26. The van der Waals surface area contributed by atoms with E-state index in [2.05, 4.69) is 5.32 Å². The number of hydrogen-bond donors (Lipinski definition) is 1. The smallest absolute Gasteiger partial charge is 0.224 e. The zero-order chi connectivity index (χ0) is 19.1. The van der Waals surface area contributed by atoms with Crippen molar-refractivity contribution in [2.24, 2.45) is 5.92 Å². The van der Waals surface area contributed by atoms with E-state index in [1.807, 2.05) is 30.3 Å². The molecule has 3 rings (SSSR count). The van der Waals surface area contributed by atoms with Crippen molar-refractivity contribution in [2.75, 3.05) is 32.0 Å². The maximum atomic E-state index is 12.7. The number of carbonyl (C=O) groups is 1. The summed E-state index contributed by atoms with van der Waals surface area (Å²) < 4.78 is 32.4. The Bertz CT molecular complexity index is 702. The number of nitrogens with one attached hydrogen (secondary N) is 1. The molecule has 0 radical (unpaired) electrons. The highest BCUT2D eigenvalue weighted by Gasteiger charge is 2.32. The van der Waals surface area contributed by atoms with E-state index in [4.69, 9.17) is 4.74 Å². The number of ether oxygens (including phenoxy) is 1. The number of rotatable bonds is 8. The van der Waals surface area contributed by atoms with Gasteiger partial charge in [0, 0.05) is 26.2 Å². The van der Waals surface area contributed by atoms with E-state index in [1.54, 1.807) is 0 Å². The van der Waals surface area contributed by atoms with Crippen molar-refractivity contribution in [1.29, 1.82) is 0 Å². The summed E-state index contributed by atoms with van der Waals surface area (Å²) in [6, 6.07) is 9.92. The van der Waals surface area contributed by atoms with E-state index in [9.17, 15) is 13.2 Å². The molecule has 6 nitrogen and oxygen atoms in total. The Hall–Kier alpha value is -1.44. The minimum absolute atomic E-state index is 0.0466. The number of aryl methyl sites for hydroxylation is 1. The number of hydrogen-bond acceptors (Lipinski definition) is 4. The molecule has 0 aromatic heterocycles. The molecule has 0 bridgehead atoms. The Labute approximate surface area is 162 Å². The quantitative estimate of drug-likeness (QED) is 0.731. The predicted octanol–water partition coefficient (Wildman–Crippen LogP) is 1.96. The van der Waals surface area contributed by atoms with Crippen LogP contribution in [0.2, 0.25) is 0 Å². The molecule has 2 fully saturated rings. The maximum absolute atomic E-state index is 12.7. The maximum Gasteiger partial charge on any atom is 0.224 e. The topological polar surface area (TPSA) is 75.7 Å². The van der Waals surface area contributed by atoms with Crippen molar-refractivity contribution >= 4 is 15.9 Å². The molecule has 2 atom stereocenters. The van der Waals surface area contributed by atoms with Crippen LogP contribution >= 0.6 is 0 Å². The van der Waals surface area contributed by atoms with Gasteiger partial charge in [0.05, 0.1) is 17.8 Å². The lowest BCUT2D eigenvalue weighted by Crippen LogP contribution is -2.47. The first-order chi connectivity index (χ1) is 13.0. The fraction of sp³-hybridized carbons (Fsp3) is 0.650. The highest BCUT2D eigenvalue weighted by Crippen LogP contribution is 2.21. The monoisotopic (exact) mass is 394 g/mol. The third-order valence-electron chi connectivity index (χ3n) is 5.39. The van der Waals surface area contributed by atoms with Crippen molar-refractivity contribution in [2.45, 2.75) is 44.6 Å². The highest BCUT2D eigenvalue weighted by atomic mass is 32.2. The normalized spacial score (nSPS) is 24.0. The van der Waals surface area contributed by atoms with Gasteiger partial charge in [-0.05, 0) is 44.1 Å². The first-order valence-corrected chi connectivity index (χ1v) is 11.6. The molecule has 2 heterocycles. The fourth-order valence-electron chi connectivity index (χ4n) is 3.81. The summed E-state index contributed by atoms with van der Waals surface area (Å²) in [6.45, 7) is 2.10. The molecule has 2 aliphatic rings. The number of carbonyl (C=O) groups excluding carboxylic acids is 1. The molecule has 7 heteroatoms. The molecule has 0 aliphatic carbocycles. The molecule has 2 aliphatic heterocycles. The minimum Gasteiger partial charge on any atom is -0.376 e. The van der Waals surface area contributed by atoms with Crippen molar-refractivity contribution < 1.29 is 17.9 Å². The summed E-state index contributed by atoms with van der Waals surface area (Å²) in [5.41, 5.74) is 1.15. The molecule has 0 unspecified atom stereocenters. The fourth-order valence-corrected chi connectivity index (χ4v) is 5.39. The van der Waals surface area contributed by atoms with Gasteiger partial charge in [-0.1, -0.05) is 30.3 Å². The standard InChI is InChI=1S/C20H30N2O4S/c23-20(21-15-19-11-5-13-26-19)18-10-4-12-22(16-18)27(24,25)14-6-9-17-7-2-1-3-8-17/h1-3,7-8,18-19H,4-6,9-16H2,(H,21,23)/t18-,19-/m1/s1. The van der Waals surface area contributed by atoms with Crippen LogP contribution in [0.5, 0.6) is 0 Å². The van der Waals surface area contributed by atoms with Gasteiger partial charge in [-0.2, -0.15) is 0 Å². The van der Waals surface area contributed by atoms with E-state index in [-0.39, 0.29) is 23.7 Å². The van der Waals surface area contributed by atoms with Crippen molar-refractivity contribution in [3.05, 3.63) is 35.9 Å². The van der Waals surface area contributed by atoms with Gasteiger partial charge in [0.2, 0.25) is 15.9 Å². The van der Waals surface area contributed by atoms with E-state index in [0.717, 1.165) is 44.3 Å². The zero-order valence-corrected chi connectivity index (χ0v) is 16.6. The Morgan fingerprint density at radius 2 is 2.00 bits per heavy atom. The number of benzene rings is 1. The molecular weight excluding hydrogens is 364 g/mol. The van der Waals surface area contributed by atoms with Gasteiger partial charge in [-0.3, -0.25) is 4.79 Å². The molecule has 0 spiro atoms. The Balaban J connectivity index is 1.46. The zero-order valence-electron chi connectivity index (χ0n) is 15.8. The van der Waals surface area contributed by atoms with Gasteiger partial charge in [-0.15, -0.1) is 0 Å². The van der Waals surface area contributed by atoms with E-state index in [0.29, 0.717) is 26.1 Å². The van der Waals surface area contributed by atoms with Crippen molar-refractivity contribution in [3.63, 3.8) is 0 Å². The molecule has 150 valence electrons. The summed E-state index contributed by atoms with van der Waals surface area (Å²) in [7, 11) is -3.32. The second-order valence-corrected chi connectivity index (χ2v) is 9.57. The van der Waals surface area contributed by atoms with Crippen LogP contribution in [-0.4, -0.2) is 56.7 Å². The van der Waals surface area contributed by atoms with Crippen molar-refractivity contribution in [1.82, 2.24) is 9.62 Å². The lowest BCUT2D eigenvalue weighted by Gasteiger charge is -2.31. The molecule has 2 saturated heterocycles. The molecule has 0 saturated carbocycles. The molecule has 1 aromatic carbocycles. The molecular formula is C20H30N2O4S. The number of nitrogens with zero attached hydrogens (tertiary/aromatic N) is 1. The van der Waals surface area contributed by atoms with Crippen molar-refractivity contribution in [3.8, 4) is 0 Å². The third kappa shape index (κ3) is 6.02. The average molecular weight is 395 g/mol. The summed E-state index contributed by atoms with van der Waals surface area (Å²) in [6.07, 6.45) is 4.95. The van der Waals surface area contributed by atoms with Crippen LogP contribution < -0.4 is 5.32 Å². The Morgan fingerprint density at radius 1 is 1.19 bits per heavy atom. The van der Waals surface area contributed by atoms with Gasteiger partial charge in [0.15, 0.2) is 0 Å². The van der Waals surface area contributed by atoms with Gasteiger partial charge in [0.25, 0.3) is 0 Å². The summed E-state index contributed by atoms with van der Waals surface area (Å²) in [4.78, 5) is 12.4. The molecule has 1 aromatic rings. The third-order valence-corrected chi connectivity index (χ3v) is 7.31. The second kappa shape index (κ2) is 9.66. The summed E-state index contributed by atoms with van der Waals surface area (Å²) in [5, 5.41) is 2.95. The van der Waals surface area contributed by atoms with E-state index in [1.165, 1.54) is 4.31 Å². The van der Waals surface area contributed by atoms with E-state index >= 15 is 0 Å². The average Bonchev–Trinajstić information content (AvgIpc) is 3.20. The molecule has 1 N–H and O–H groups in total. The SMILES string of the molecule is O=C(NC[C@H]1CCCO1)[C@@H]1CCCN(S(=O)(=O)CCCc2ccccc2)C1. The summed E-state index contributed by atoms with van der Waals surface area (Å²) >= 11 is 0. The van der Waals surface area contributed by atoms with Crippen LogP contribution in [0.15, 0.2) is 30.3 Å². The first-order valence-electron chi connectivity index (χ1n) is 9.95. The van der Waals surface area contributed by atoms with Crippen LogP contribution in [-0.2, 0) is 26.0 Å². The largest absolute Gasteiger partial charge is 0.376 e. The Morgan fingerprint density at radius 3 is 2.74 bits per heavy atom. The van der Waals surface area contributed by atoms with E-state index < -0.39 is 10.0 Å². The van der Waals surface area contributed by atoms with Crippen LogP contribution in [0.4, 0.5) is 0 Å². The van der Waals surface area contributed by atoms with Crippen LogP contribution in [0.3, 0.4) is 0 Å². The second-order valence-electron chi connectivity index (χ2n) is 7.48. The number of sulfonamides is 1. The number of amides is 1. The first kappa shape index (κ1) is 20.3. The van der Waals surface area contributed by atoms with Gasteiger partial charge < -0.3 is 10.1 Å². The molecule has 27 heavy (non-hydrogen) atoms. The predicted molar refractivity (Wildman–Crippen MR) is 105 cm³/mol. The van der Waals surface area contributed by atoms with Crippen LogP contribution in [0.1, 0.15) is 37.7 Å². The summed E-state index contributed by atoms with van der Waals surface area (Å²) in [5.74, 6) is -0.176. The van der Waals surface area contributed by atoms with Crippen LogP contribution in [0, 0.1) is 5.92 Å². The van der Waals surface area contributed by atoms with Gasteiger partial charge in [0.1, 0.15) is 0 Å². The lowest BCUT2D eigenvalue weighted by molar-refractivity contribution is -0.126. The highest BCUT2D eigenvalue weighted by molar-refractivity contribution is 7.89. The molecule has 1 amide bonds. The minimum atomic E-state index is -3.32.